The van der Waals surface area contributed by atoms with Crippen molar-refractivity contribution in [1.82, 2.24) is 20.2 Å². The molecule has 0 radical (unpaired) electrons. The molecule has 0 bridgehead atoms. The van der Waals surface area contributed by atoms with Crippen LogP contribution in [0.15, 0.2) is 42.9 Å². The van der Waals surface area contributed by atoms with Crippen molar-refractivity contribution in [3.05, 3.63) is 48.7 Å². The highest BCUT2D eigenvalue weighted by molar-refractivity contribution is 5.88. The average Bonchev–Trinajstić information content (AvgIpc) is 2.64. The van der Waals surface area contributed by atoms with E-state index in [1.807, 2.05) is 12.1 Å². The lowest BCUT2D eigenvalue weighted by molar-refractivity contribution is 0.521. The van der Waals surface area contributed by atoms with E-state index in [0.717, 1.165) is 37.3 Å². The molecule has 122 valence electrons. The van der Waals surface area contributed by atoms with Gasteiger partial charge >= 0.3 is 0 Å². The fraction of sp³-hybridized carbons (Fsp3) is 0.294. The van der Waals surface area contributed by atoms with Crippen LogP contribution in [-0.4, -0.2) is 39.3 Å². The van der Waals surface area contributed by atoms with E-state index in [0.29, 0.717) is 17.2 Å². The van der Waals surface area contributed by atoms with E-state index in [4.69, 9.17) is 0 Å². The Bertz CT molecular complexity index is 833. The third-order valence-corrected chi connectivity index (χ3v) is 4.32. The van der Waals surface area contributed by atoms with Gasteiger partial charge in [-0.1, -0.05) is 0 Å². The smallest absolute Gasteiger partial charge is 0.151 e. The molecule has 2 aromatic heterocycles. The van der Waals surface area contributed by atoms with Crippen molar-refractivity contribution in [2.75, 3.05) is 23.3 Å². The maximum absolute atomic E-state index is 13.5. The van der Waals surface area contributed by atoms with Crippen LogP contribution < -0.4 is 10.2 Å². The standard InChI is InChI=1S/C17H17FN6/c18-12-3-4-15-14(10-12)17(20-11-19-15)22-13-5-8-24(9-6-13)16-2-1-7-21-23-16/h1-4,7,10-11,13H,5-6,8-9H2,(H,19,20,22). The van der Waals surface area contributed by atoms with E-state index >= 15 is 0 Å². The number of piperidine rings is 1. The van der Waals surface area contributed by atoms with E-state index in [1.54, 1.807) is 12.3 Å². The van der Waals surface area contributed by atoms with Crippen molar-refractivity contribution in [2.45, 2.75) is 18.9 Å². The number of aromatic nitrogens is 4. The highest BCUT2D eigenvalue weighted by atomic mass is 19.1. The lowest BCUT2D eigenvalue weighted by Crippen LogP contribution is -2.39. The summed E-state index contributed by atoms with van der Waals surface area (Å²) in [5.74, 6) is 1.32. The summed E-state index contributed by atoms with van der Waals surface area (Å²) in [4.78, 5) is 10.7. The third kappa shape index (κ3) is 2.97. The van der Waals surface area contributed by atoms with E-state index in [9.17, 15) is 4.39 Å². The molecule has 6 nitrogen and oxygen atoms in total. The van der Waals surface area contributed by atoms with Crippen LogP contribution in [0.5, 0.6) is 0 Å². The predicted octanol–water partition coefficient (Wildman–Crippen LogP) is 2.64. The van der Waals surface area contributed by atoms with Crippen molar-refractivity contribution in [1.29, 1.82) is 0 Å². The molecule has 0 atom stereocenters. The normalized spacial score (nSPS) is 15.6. The lowest BCUT2D eigenvalue weighted by atomic mass is 10.0. The molecule has 1 aromatic carbocycles. The quantitative estimate of drug-likeness (QED) is 0.799. The summed E-state index contributed by atoms with van der Waals surface area (Å²) in [5, 5.41) is 12.2. The Kier molecular flexibility index (Phi) is 3.90. The molecule has 0 saturated carbocycles. The van der Waals surface area contributed by atoms with E-state index < -0.39 is 0 Å². The minimum atomic E-state index is -0.280. The highest BCUT2D eigenvalue weighted by Crippen LogP contribution is 2.24. The van der Waals surface area contributed by atoms with Crippen molar-refractivity contribution < 1.29 is 4.39 Å². The lowest BCUT2D eigenvalue weighted by Gasteiger charge is -2.33. The molecule has 1 fully saturated rings. The second-order valence-electron chi connectivity index (χ2n) is 5.87. The molecule has 7 heteroatoms. The fourth-order valence-electron chi connectivity index (χ4n) is 3.05. The first-order valence-electron chi connectivity index (χ1n) is 7.99. The summed E-state index contributed by atoms with van der Waals surface area (Å²) >= 11 is 0. The molecule has 4 rings (SSSR count). The van der Waals surface area contributed by atoms with Gasteiger partial charge in [-0.2, -0.15) is 5.10 Å². The largest absolute Gasteiger partial charge is 0.367 e. The van der Waals surface area contributed by atoms with Crippen LogP contribution >= 0.6 is 0 Å². The van der Waals surface area contributed by atoms with Gasteiger partial charge in [0.2, 0.25) is 0 Å². The molecule has 0 unspecified atom stereocenters. The first-order chi connectivity index (χ1) is 11.8. The Hall–Kier alpha value is -2.83. The number of hydrogen-bond acceptors (Lipinski definition) is 6. The molecular weight excluding hydrogens is 307 g/mol. The summed E-state index contributed by atoms with van der Waals surface area (Å²) in [6.07, 6.45) is 5.10. The third-order valence-electron chi connectivity index (χ3n) is 4.32. The number of fused-ring (bicyclic) bond motifs is 1. The number of rotatable bonds is 3. The van der Waals surface area contributed by atoms with Crippen molar-refractivity contribution >= 4 is 22.5 Å². The predicted molar refractivity (Wildman–Crippen MR) is 90.4 cm³/mol. The summed E-state index contributed by atoms with van der Waals surface area (Å²) in [6.45, 7) is 1.79. The van der Waals surface area contributed by atoms with Crippen LogP contribution in [-0.2, 0) is 0 Å². The zero-order chi connectivity index (χ0) is 16.4. The Morgan fingerprint density at radius 1 is 1.12 bits per heavy atom. The Morgan fingerprint density at radius 3 is 2.79 bits per heavy atom. The van der Waals surface area contributed by atoms with Gasteiger partial charge in [0.15, 0.2) is 5.82 Å². The number of halogens is 1. The van der Waals surface area contributed by atoms with Crippen LogP contribution in [0.1, 0.15) is 12.8 Å². The number of hydrogen-bond donors (Lipinski definition) is 1. The number of nitrogens with one attached hydrogen (secondary N) is 1. The van der Waals surface area contributed by atoms with Gasteiger partial charge < -0.3 is 10.2 Å². The van der Waals surface area contributed by atoms with Crippen LogP contribution in [0.3, 0.4) is 0 Å². The molecule has 0 spiro atoms. The molecule has 1 N–H and O–H groups in total. The summed E-state index contributed by atoms with van der Waals surface area (Å²) < 4.78 is 13.5. The fourth-order valence-corrected chi connectivity index (χ4v) is 3.05. The molecule has 3 aromatic rings. The Labute approximate surface area is 138 Å². The van der Waals surface area contributed by atoms with Crippen LogP contribution in [0.25, 0.3) is 10.9 Å². The van der Waals surface area contributed by atoms with Crippen LogP contribution in [0.2, 0.25) is 0 Å². The second kappa shape index (κ2) is 6.35. The van der Waals surface area contributed by atoms with Gasteiger partial charge in [0.05, 0.1) is 5.52 Å². The second-order valence-corrected chi connectivity index (χ2v) is 5.87. The van der Waals surface area contributed by atoms with E-state index in [-0.39, 0.29) is 5.82 Å². The molecule has 1 aliphatic rings. The van der Waals surface area contributed by atoms with Gasteiger partial charge in [-0.05, 0) is 43.2 Å². The molecule has 1 aliphatic heterocycles. The summed E-state index contributed by atoms with van der Waals surface area (Å²) in [6, 6.07) is 8.73. The zero-order valence-corrected chi connectivity index (χ0v) is 13.1. The number of nitrogens with zero attached hydrogens (tertiary/aromatic N) is 5. The minimum Gasteiger partial charge on any atom is -0.367 e. The van der Waals surface area contributed by atoms with Gasteiger partial charge in [-0.3, -0.25) is 0 Å². The zero-order valence-electron chi connectivity index (χ0n) is 13.1. The monoisotopic (exact) mass is 324 g/mol. The first kappa shape index (κ1) is 14.7. The molecular formula is C17H17FN6. The molecule has 24 heavy (non-hydrogen) atoms. The van der Waals surface area contributed by atoms with E-state index in [1.165, 1.54) is 18.5 Å². The van der Waals surface area contributed by atoms with Gasteiger partial charge in [0.1, 0.15) is 18.0 Å². The summed E-state index contributed by atoms with van der Waals surface area (Å²) in [5.41, 5.74) is 0.742. The summed E-state index contributed by atoms with van der Waals surface area (Å²) in [7, 11) is 0. The Balaban J connectivity index is 1.47. The average molecular weight is 324 g/mol. The van der Waals surface area contributed by atoms with Crippen molar-refractivity contribution in [3.63, 3.8) is 0 Å². The molecule has 3 heterocycles. The first-order valence-corrected chi connectivity index (χ1v) is 7.99. The van der Waals surface area contributed by atoms with Gasteiger partial charge in [-0.15, -0.1) is 5.10 Å². The van der Waals surface area contributed by atoms with Gasteiger partial charge in [-0.25, -0.2) is 14.4 Å². The van der Waals surface area contributed by atoms with E-state index in [2.05, 4.69) is 30.4 Å². The van der Waals surface area contributed by atoms with Gasteiger partial charge in [0.25, 0.3) is 0 Å². The van der Waals surface area contributed by atoms with Crippen LogP contribution in [0, 0.1) is 5.82 Å². The number of benzene rings is 1. The SMILES string of the molecule is Fc1ccc2ncnc(NC3CCN(c4cccnn4)CC3)c2c1. The minimum absolute atomic E-state index is 0.280. The maximum atomic E-state index is 13.5. The molecule has 0 amide bonds. The van der Waals surface area contributed by atoms with Crippen molar-refractivity contribution in [3.8, 4) is 0 Å². The van der Waals surface area contributed by atoms with Crippen molar-refractivity contribution in [2.24, 2.45) is 0 Å². The molecule has 1 saturated heterocycles. The highest BCUT2D eigenvalue weighted by Gasteiger charge is 2.21. The topological polar surface area (TPSA) is 66.8 Å². The number of anilines is 2. The van der Waals surface area contributed by atoms with Gasteiger partial charge in [0, 0.05) is 30.7 Å². The Morgan fingerprint density at radius 2 is 2.00 bits per heavy atom. The maximum Gasteiger partial charge on any atom is 0.151 e. The molecule has 0 aliphatic carbocycles. The van der Waals surface area contributed by atoms with Crippen LogP contribution in [0.4, 0.5) is 16.0 Å².